The minimum Gasteiger partial charge on any atom is -0.325 e. The molecule has 3 atom stereocenters. The number of halogens is 2. The van der Waals surface area contributed by atoms with Crippen LogP contribution in [0.4, 0.5) is 15.8 Å². The van der Waals surface area contributed by atoms with Crippen molar-refractivity contribution in [3.8, 4) is 0 Å². The molecular formula is C26H17BrFN3O4S3. The molecule has 2 aromatic carbocycles. The Bertz CT molecular complexity index is 1620. The van der Waals surface area contributed by atoms with Crippen LogP contribution in [0.5, 0.6) is 0 Å². The second kappa shape index (κ2) is 9.92. The number of carbonyl (C=O) groups excluding carboxylic acids is 3. The third kappa shape index (κ3) is 4.35. The van der Waals surface area contributed by atoms with Crippen LogP contribution >= 0.6 is 50.4 Å². The number of thiazole rings is 1. The highest BCUT2D eigenvalue weighted by molar-refractivity contribution is 9.10. The van der Waals surface area contributed by atoms with Gasteiger partial charge in [-0.05, 0) is 60.0 Å². The summed E-state index contributed by atoms with van der Waals surface area (Å²) in [7, 11) is 0. The van der Waals surface area contributed by atoms with Gasteiger partial charge in [0.25, 0.3) is 0 Å². The van der Waals surface area contributed by atoms with Crippen LogP contribution in [0.3, 0.4) is 0 Å². The van der Waals surface area contributed by atoms with Gasteiger partial charge in [-0.1, -0.05) is 45.1 Å². The first kappa shape index (κ1) is 25.2. The summed E-state index contributed by atoms with van der Waals surface area (Å²) in [5.74, 6) is -2.69. The lowest BCUT2D eigenvalue weighted by Gasteiger charge is -2.29. The number of anilines is 2. The van der Waals surface area contributed by atoms with Gasteiger partial charge in [0.1, 0.15) is 17.6 Å². The monoisotopic (exact) mass is 629 g/mol. The normalized spacial score (nSPS) is 20.4. The van der Waals surface area contributed by atoms with E-state index in [0.29, 0.717) is 21.3 Å². The smallest absolute Gasteiger partial charge is 0.308 e. The van der Waals surface area contributed by atoms with E-state index in [1.54, 1.807) is 24.3 Å². The second-order valence-corrected chi connectivity index (χ2v) is 12.7. The first-order chi connectivity index (χ1) is 18.3. The molecular weight excluding hydrogens is 613 g/mol. The van der Waals surface area contributed by atoms with Crippen LogP contribution in [0.1, 0.15) is 15.7 Å². The van der Waals surface area contributed by atoms with E-state index in [1.807, 2.05) is 17.5 Å². The zero-order chi connectivity index (χ0) is 26.6. The van der Waals surface area contributed by atoms with E-state index in [9.17, 15) is 23.6 Å². The summed E-state index contributed by atoms with van der Waals surface area (Å²) < 4.78 is 15.4. The molecule has 3 unspecified atom stereocenters. The van der Waals surface area contributed by atoms with Crippen LogP contribution in [0.2, 0.25) is 0 Å². The summed E-state index contributed by atoms with van der Waals surface area (Å²) in [6.45, 7) is -0.276. The largest absolute Gasteiger partial charge is 0.325 e. The first-order valence-electron chi connectivity index (χ1n) is 11.4. The molecule has 2 aliphatic heterocycles. The number of nitrogens with one attached hydrogen (secondary N) is 1. The van der Waals surface area contributed by atoms with Gasteiger partial charge in [-0.2, -0.15) is 0 Å². The van der Waals surface area contributed by atoms with Gasteiger partial charge in [0.15, 0.2) is 0 Å². The van der Waals surface area contributed by atoms with Gasteiger partial charge < -0.3 is 5.32 Å². The van der Waals surface area contributed by atoms with Crippen molar-refractivity contribution in [1.82, 2.24) is 4.57 Å². The summed E-state index contributed by atoms with van der Waals surface area (Å²) in [5, 5.41) is 4.35. The maximum absolute atomic E-state index is 13.8. The standard InChI is InChI=1S/C26H17BrFN3O4S3/c27-13-3-9-16(10-4-13)31-23(33)20-19(17-2-1-11-36-17)22-25(37-21(20)24(31)34)30(26(35)38-22)12-18(32)29-15-7-5-14(28)6-8-15/h1-11,19-21H,12H2,(H,29,32). The number of amides is 3. The number of thiophene rings is 1. The Morgan fingerprint density at radius 3 is 2.42 bits per heavy atom. The highest BCUT2D eigenvalue weighted by atomic mass is 79.9. The molecule has 192 valence electrons. The Hall–Kier alpha value is -3.06. The number of benzene rings is 2. The molecule has 2 aromatic heterocycles. The van der Waals surface area contributed by atoms with Gasteiger partial charge >= 0.3 is 4.87 Å². The summed E-state index contributed by atoms with van der Waals surface area (Å²) in [6.07, 6.45) is 0. The molecule has 1 N–H and O–H groups in total. The molecule has 1 fully saturated rings. The molecule has 1 saturated heterocycles. The SMILES string of the molecule is O=C(Cn1c2c(sc1=O)C(c1cccs1)C1C(=O)N(c3ccc(Br)cc3)C(=O)C1S2)Nc1ccc(F)cc1. The maximum atomic E-state index is 13.8. The molecule has 3 amide bonds. The molecule has 4 heterocycles. The maximum Gasteiger partial charge on any atom is 0.308 e. The Balaban J connectivity index is 1.38. The molecule has 38 heavy (non-hydrogen) atoms. The van der Waals surface area contributed by atoms with Crippen molar-refractivity contribution >= 4 is 79.5 Å². The van der Waals surface area contributed by atoms with Crippen LogP contribution < -0.4 is 15.1 Å². The average molecular weight is 631 g/mol. The van der Waals surface area contributed by atoms with Crippen LogP contribution in [0, 0.1) is 11.7 Å². The summed E-state index contributed by atoms with van der Waals surface area (Å²) in [5.41, 5.74) is 0.891. The van der Waals surface area contributed by atoms with E-state index in [1.165, 1.54) is 56.8 Å². The predicted octanol–water partition coefficient (Wildman–Crippen LogP) is 5.31. The molecule has 12 heteroatoms. The second-order valence-electron chi connectivity index (χ2n) is 8.72. The van der Waals surface area contributed by atoms with Gasteiger partial charge in [-0.3, -0.25) is 23.7 Å². The number of nitrogens with zero attached hydrogens (tertiary/aromatic N) is 2. The van der Waals surface area contributed by atoms with E-state index in [-0.39, 0.29) is 23.2 Å². The van der Waals surface area contributed by atoms with Gasteiger partial charge in [0.2, 0.25) is 17.7 Å². The molecule has 0 saturated carbocycles. The zero-order valence-electron chi connectivity index (χ0n) is 19.3. The summed E-state index contributed by atoms with van der Waals surface area (Å²) >= 11 is 7.01. The highest BCUT2D eigenvalue weighted by Gasteiger charge is 2.57. The number of fused-ring (bicyclic) bond motifs is 2. The molecule has 6 rings (SSSR count). The van der Waals surface area contributed by atoms with Gasteiger partial charge in [0.05, 0.1) is 16.6 Å². The van der Waals surface area contributed by atoms with Crippen molar-refractivity contribution in [2.45, 2.75) is 22.7 Å². The number of carbonyl (C=O) groups is 3. The lowest BCUT2D eigenvalue weighted by molar-refractivity contribution is -0.122. The molecule has 2 aliphatic rings. The van der Waals surface area contributed by atoms with Crippen LogP contribution in [-0.4, -0.2) is 27.5 Å². The van der Waals surface area contributed by atoms with Crippen molar-refractivity contribution in [2.24, 2.45) is 5.92 Å². The first-order valence-corrected chi connectivity index (χ1v) is 14.8. The Kier molecular flexibility index (Phi) is 6.58. The van der Waals surface area contributed by atoms with Crippen molar-refractivity contribution in [1.29, 1.82) is 0 Å². The fraction of sp³-hybridized carbons (Fsp3) is 0.154. The molecule has 0 aliphatic carbocycles. The molecule has 7 nitrogen and oxygen atoms in total. The van der Waals surface area contributed by atoms with Crippen molar-refractivity contribution in [2.75, 3.05) is 10.2 Å². The van der Waals surface area contributed by atoms with Gasteiger partial charge in [0, 0.05) is 25.8 Å². The van der Waals surface area contributed by atoms with Crippen LogP contribution in [0.25, 0.3) is 0 Å². The lowest BCUT2D eigenvalue weighted by Crippen LogP contribution is -2.32. The number of imide groups is 1. The molecule has 0 radical (unpaired) electrons. The third-order valence-corrected chi connectivity index (χ3v) is 10.5. The Morgan fingerprint density at radius 1 is 1.00 bits per heavy atom. The number of rotatable bonds is 5. The molecule has 0 spiro atoms. The fourth-order valence-electron chi connectivity index (χ4n) is 4.75. The fourth-order valence-corrected chi connectivity index (χ4v) is 8.74. The minimum absolute atomic E-state index is 0.276. The number of aromatic nitrogens is 1. The number of thioether (sulfide) groups is 1. The van der Waals surface area contributed by atoms with E-state index >= 15 is 0 Å². The molecule has 4 aromatic rings. The molecule has 0 bridgehead atoms. The van der Waals surface area contributed by atoms with Crippen molar-refractivity contribution in [3.63, 3.8) is 0 Å². The van der Waals surface area contributed by atoms with Crippen LogP contribution in [-0.2, 0) is 20.9 Å². The minimum atomic E-state index is -0.744. The van der Waals surface area contributed by atoms with E-state index in [4.69, 9.17) is 0 Å². The third-order valence-electron chi connectivity index (χ3n) is 6.41. The van der Waals surface area contributed by atoms with Crippen molar-refractivity contribution in [3.05, 3.63) is 95.8 Å². The lowest BCUT2D eigenvalue weighted by atomic mass is 9.87. The Morgan fingerprint density at radius 2 is 1.74 bits per heavy atom. The van der Waals surface area contributed by atoms with Crippen molar-refractivity contribution < 1.29 is 18.8 Å². The van der Waals surface area contributed by atoms with Gasteiger partial charge in [-0.15, -0.1) is 11.3 Å². The number of hydrogen-bond acceptors (Lipinski definition) is 7. The van der Waals surface area contributed by atoms with E-state index < -0.39 is 28.8 Å². The summed E-state index contributed by atoms with van der Waals surface area (Å²) in [4.78, 5) is 55.8. The van der Waals surface area contributed by atoms with Crippen LogP contribution in [0.15, 0.2) is 80.3 Å². The van der Waals surface area contributed by atoms with E-state index in [0.717, 1.165) is 20.7 Å². The Labute approximate surface area is 236 Å². The quantitative estimate of drug-likeness (QED) is 0.302. The van der Waals surface area contributed by atoms with E-state index in [2.05, 4.69) is 21.2 Å². The summed E-state index contributed by atoms with van der Waals surface area (Å²) in [6, 6.07) is 16.1. The zero-order valence-corrected chi connectivity index (χ0v) is 23.3. The topological polar surface area (TPSA) is 88.5 Å². The average Bonchev–Trinajstić information content (AvgIpc) is 3.59. The van der Waals surface area contributed by atoms with Gasteiger partial charge in [-0.25, -0.2) is 9.29 Å². The predicted molar refractivity (Wildman–Crippen MR) is 150 cm³/mol. The highest BCUT2D eigenvalue weighted by Crippen LogP contribution is 2.54. The number of hydrogen-bond donors (Lipinski definition) is 1.